The molecule has 2 heteroatoms. The van der Waals surface area contributed by atoms with Crippen LogP contribution in [0.3, 0.4) is 0 Å². The number of benzene rings is 1. The van der Waals surface area contributed by atoms with Crippen molar-refractivity contribution in [3.05, 3.63) is 42.0 Å². The molecule has 0 radical (unpaired) electrons. The fourth-order valence-corrected chi connectivity index (χ4v) is 1.46. The number of aryl methyl sites for hydroxylation is 1. The maximum atomic E-state index is 11.2. The molecular formula is C11H11NO. The molecule has 0 fully saturated rings. The van der Waals surface area contributed by atoms with Crippen LogP contribution in [0.15, 0.2) is 36.4 Å². The van der Waals surface area contributed by atoms with Crippen LogP contribution < -0.4 is 5.32 Å². The molecule has 13 heavy (non-hydrogen) atoms. The zero-order valence-corrected chi connectivity index (χ0v) is 7.29. The van der Waals surface area contributed by atoms with Gasteiger partial charge >= 0.3 is 0 Å². The Kier molecular flexibility index (Phi) is 2.13. The summed E-state index contributed by atoms with van der Waals surface area (Å²) in [5.41, 5.74) is 2.15. The molecule has 1 amide bonds. The fraction of sp³-hybridized carbons (Fsp3) is 0.182. The number of rotatable bonds is 0. The predicted octanol–water partition coefficient (Wildman–Crippen LogP) is 2.13. The summed E-state index contributed by atoms with van der Waals surface area (Å²) in [5, 5.41) is 2.84. The molecule has 0 unspecified atom stereocenters. The summed E-state index contributed by atoms with van der Waals surface area (Å²) in [5.74, 6) is -0.0350. The molecule has 0 aliphatic carbocycles. The molecular weight excluding hydrogens is 162 g/mol. The van der Waals surface area contributed by atoms with Gasteiger partial charge in [0.05, 0.1) is 0 Å². The Hall–Kier alpha value is -1.57. The van der Waals surface area contributed by atoms with E-state index in [0.717, 1.165) is 18.5 Å². The molecule has 0 aromatic heterocycles. The van der Waals surface area contributed by atoms with Crippen LogP contribution in [0.4, 0.5) is 5.69 Å². The molecule has 1 aliphatic rings. The summed E-state index contributed by atoms with van der Waals surface area (Å²) < 4.78 is 0. The quantitative estimate of drug-likeness (QED) is 0.639. The summed E-state index contributed by atoms with van der Waals surface area (Å²) in [6.07, 6.45) is 5.43. The van der Waals surface area contributed by atoms with Crippen molar-refractivity contribution in [2.75, 3.05) is 5.32 Å². The van der Waals surface area contributed by atoms with Gasteiger partial charge in [-0.15, -0.1) is 0 Å². The van der Waals surface area contributed by atoms with Crippen LogP contribution in [-0.4, -0.2) is 5.91 Å². The summed E-state index contributed by atoms with van der Waals surface area (Å²) in [6.45, 7) is 0. The standard InChI is InChI=1S/C11H11NO/c13-11-8-4-2-6-9-5-1-3-7-10(9)12-11/h1,3-5,7-8H,2,6H2,(H,12,13)/b8-4-. The first-order valence-corrected chi connectivity index (χ1v) is 4.42. The molecule has 1 heterocycles. The Balaban J connectivity index is 2.36. The van der Waals surface area contributed by atoms with E-state index >= 15 is 0 Å². The number of hydrogen-bond donors (Lipinski definition) is 1. The lowest BCUT2D eigenvalue weighted by Crippen LogP contribution is -2.11. The monoisotopic (exact) mass is 173 g/mol. The highest BCUT2D eigenvalue weighted by Gasteiger charge is 2.05. The zero-order valence-electron chi connectivity index (χ0n) is 7.29. The minimum absolute atomic E-state index is 0.0350. The number of nitrogens with one attached hydrogen (secondary N) is 1. The van der Waals surface area contributed by atoms with Crippen molar-refractivity contribution in [2.24, 2.45) is 0 Å². The number of fused-ring (bicyclic) bond motifs is 1. The topological polar surface area (TPSA) is 29.1 Å². The smallest absolute Gasteiger partial charge is 0.248 e. The van der Waals surface area contributed by atoms with Crippen LogP contribution in [0, 0.1) is 0 Å². The van der Waals surface area contributed by atoms with Gasteiger partial charge in [-0.3, -0.25) is 4.79 Å². The van der Waals surface area contributed by atoms with Crippen molar-refractivity contribution in [3.63, 3.8) is 0 Å². The lowest BCUT2D eigenvalue weighted by Gasteiger charge is -2.10. The van der Waals surface area contributed by atoms with E-state index in [0.29, 0.717) is 0 Å². The maximum Gasteiger partial charge on any atom is 0.248 e. The summed E-state index contributed by atoms with van der Waals surface area (Å²) >= 11 is 0. The summed E-state index contributed by atoms with van der Waals surface area (Å²) in [7, 11) is 0. The van der Waals surface area contributed by atoms with E-state index < -0.39 is 0 Å². The van der Waals surface area contributed by atoms with Gasteiger partial charge in [0.2, 0.25) is 5.91 Å². The van der Waals surface area contributed by atoms with Crippen molar-refractivity contribution in [2.45, 2.75) is 12.8 Å². The van der Waals surface area contributed by atoms with Crippen LogP contribution in [0.5, 0.6) is 0 Å². The van der Waals surface area contributed by atoms with Crippen molar-refractivity contribution >= 4 is 11.6 Å². The van der Waals surface area contributed by atoms with Gasteiger partial charge in [0.1, 0.15) is 0 Å². The second-order valence-electron chi connectivity index (χ2n) is 3.09. The van der Waals surface area contributed by atoms with Crippen molar-refractivity contribution in [1.29, 1.82) is 0 Å². The average molecular weight is 173 g/mol. The van der Waals surface area contributed by atoms with Crippen LogP contribution in [0.1, 0.15) is 12.0 Å². The number of amides is 1. The third-order valence-electron chi connectivity index (χ3n) is 2.12. The second kappa shape index (κ2) is 3.44. The number of carbonyl (C=O) groups excluding carboxylic acids is 1. The zero-order chi connectivity index (χ0) is 9.10. The molecule has 1 aromatic carbocycles. The molecule has 0 spiro atoms. The number of para-hydroxylation sites is 1. The van der Waals surface area contributed by atoms with Crippen LogP contribution >= 0.6 is 0 Å². The number of anilines is 1. The molecule has 2 rings (SSSR count). The van der Waals surface area contributed by atoms with E-state index in [9.17, 15) is 4.79 Å². The Labute approximate surface area is 77.3 Å². The molecule has 0 saturated heterocycles. The van der Waals surface area contributed by atoms with E-state index in [1.807, 2.05) is 24.3 Å². The van der Waals surface area contributed by atoms with Crippen molar-refractivity contribution in [3.8, 4) is 0 Å². The third-order valence-corrected chi connectivity index (χ3v) is 2.12. The van der Waals surface area contributed by atoms with E-state index in [2.05, 4.69) is 11.4 Å². The molecule has 1 aliphatic heterocycles. The van der Waals surface area contributed by atoms with Gasteiger partial charge in [-0.2, -0.15) is 0 Å². The molecule has 0 saturated carbocycles. The lowest BCUT2D eigenvalue weighted by atomic mass is 10.1. The van der Waals surface area contributed by atoms with Gasteiger partial charge in [-0.25, -0.2) is 0 Å². The summed E-state index contributed by atoms with van der Waals surface area (Å²) in [4.78, 5) is 11.2. The van der Waals surface area contributed by atoms with Gasteiger partial charge in [0, 0.05) is 5.69 Å². The minimum Gasteiger partial charge on any atom is -0.322 e. The molecule has 0 atom stereocenters. The largest absolute Gasteiger partial charge is 0.322 e. The van der Waals surface area contributed by atoms with Crippen LogP contribution in [-0.2, 0) is 11.2 Å². The molecule has 1 N–H and O–H groups in total. The first kappa shape index (κ1) is 8.05. The van der Waals surface area contributed by atoms with E-state index in [4.69, 9.17) is 0 Å². The van der Waals surface area contributed by atoms with Crippen LogP contribution in [0.25, 0.3) is 0 Å². The van der Waals surface area contributed by atoms with Gasteiger partial charge in [0.25, 0.3) is 0 Å². The molecule has 1 aromatic rings. The average Bonchev–Trinajstić information content (AvgIpc) is 2.11. The fourth-order valence-electron chi connectivity index (χ4n) is 1.46. The van der Waals surface area contributed by atoms with Crippen molar-refractivity contribution < 1.29 is 4.79 Å². The highest BCUT2D eigenvalue weighted by molar-refractivity contribution is 6.00. The lowest BCUT2D eigenvalue weighted by molar-refractivity contribution is -0.111. The SMILES string of the molecule is O=C1/C=C\CCc2ccccc2N1. The van der Waals surface area contributed by atoms with Gasteiger partial charge in [-0.05, 0) is 30.5 Å². The Morgan fingerprint density at radius 3 is 3.00 bits per heavy atom. The van der Waals surface area contributed by atoms with Gasteiger partial charge in [0.15, 0.2) is 0 Å². The molecule has 2 nitrogen and oxygen atoms in total. The van der Waals surface area contributed by atoms with Crippen LogP contribution in [0.2, 0.25) is 0 Å². The minimum atomic E-state index is -0.0350. The number of hydrogen-bond acceptors (Lipinski definition) is 1. The molecule has 66 valence electrons. The number of carbonyl (C=O) groups is 1. The second-order valence-corrected chi connectivity index (χ2v) is 3.09. The Bertz CT molecular complexity index is 355. The summed E-state index contributed by atoms with van der Waals surface area (Å²) in [6, 6.07) is 7.92. The van der Waals surface area contributed by atoms with Gasteiger partial charge < -0.3 is 5.32 Å². The highest BCUT2D eigenvalue weighted by atomic mass is 16.1. The highest BCUT2D eigenvalue weighted by Crippen LogP contribution is 2.18. The van der Waals surface area contributed by atoms with E-state index in [1.54, 1.807) is 6.08 Å². The van der Waals surface area contributed by atoms with E-state index in [1.165, 1.54) is 5.56 Å². The maximum absolute atomic E-state index is 11.2. The normalized spacial score (nSPS) is 18.0. The number of allylic oxidation sites excluding steroid dienone is 1. The Morgan fingerprint density at radius 2 is 2.08 bits per heavy atom. The molecule has 0 bridgehead atoms. The predicted molar refractivity (Wildman–Crippen MR) is 52.5 cm³/mol. The van der Waals surface area contributed by atoms with Gasteiger partial charge in [-0.1, -0.05) is 24.3 Å². The van der Waals surface area contributed by atoms with E-state index in [-0.39, 0.29) is 5.91 Å². The van der Waals surface area contributed by atoms with Crippen molar-refractivity contribution in [1.82, 2.24) is 0 Å². The first-order valence-electron chi connectivity index (χ1n) is 4.42. The first-order chi connectivity index (χ1) is 6.36. The third kappa shape index (κ3) is 1.78. The Morgan fingerprint density at radius 1 is 1.23 bits per heavy atom.